The van der Waals surface area contributed by atoms with Gasteiger partial charge in [0.15, 0.2) is 11.4 Å². The SMILES string of the molecule is COc1cc(Cn2cccn2)cc2onc(NS(=O)(=O)c3cccc(N4CCN(CC5CCN(CC6CCN(c7ccc8c(c7)C(=O)N(C7CCC(=O)NC7=O)C8=O)CC6)CC5)CC4)c3)c12. The zero-order valence-corrected chi connectivity index (χ0v) is 37.7. The fourth-order valence-corrected chi connectivity index (χ4v) is 11.4. The van der Waals surface area contributed by atoms with Crippen LogP contribution in [0.2, 0.25) is 0 Å². The third-order valence-electron chi connectivity index (χ3n) is 14.0. The van der Waals surface area contributed by atoms with E-state index in [1.807, 2.05) is 30.5 Å². The fraction of sp³-hybridized carbons (Fsp3) is 0.447. The Bertz CT molecular complexity index is 2750. The van der Waals surface area contributed by atoms with Crippen molar-refractivity contribution in [2.75, 3.05) is 87.1 Å². The van der Waals surface area contributed by atoms with Crippen LogP contribution in [0, 0.1) is 11.8 Å². The number of nitrogens with zero attached hydrogens (tertiary/aromatic N) is 8. The Morgan fingerprint density at radius 2 is 1.47 bits per heavy atom. The van der Waals surface area contributed by atoms with Gasteiger partial charge in [-0.15, -0.1) is 0 Å². The summed E-state index contributed by atoms with van der Waals surface area (Å²) in [4.78, 5) is 61.5. The first-order chi connectivity index (χ1) is 32.0. The molecule has 2 N–H and O–H groups in total. The van der Waals surface area contributed by atoms with Gasteiger partial charge in [-0.05, 0) is 117 Å². The summed E-state index contributed by atoms with van der Waals surface area (Å²) in [6.07, 6.45) is 8.22. The molecular weight excluding hydrogens is 865 g/mol. The van der Waals surface area contributed by atoms with Crippen molar-refractivity contribution in [3.63, 3.8) is 0 Å². The molecule has 5 aliphatic rings. The van der Waals surface area contributed by atoms with Crippen LogP contribution in [0.25, 0.3) is 11.0 Å². The molecule has 4 saturated heterocycles. The first kappa shape index (κ1) is 43.6. The number of fused-ring (bicyclic) bond motifs is 2. The summed E-state index contributed by atoms with van der Waals surface area (Å²) < 4.78 is 43.1. The van der Waals surface area contributed by atoms with E-state index in [1.54, 1.807) is 47.3 Å². The number of hydrogen-bond acceptors (Lipinski definition) is 14. The molecule has 10 rings (SSSR count). The second-order valence-corrected chi connectivity index (χ2v) is 19.8. The molecule has 0 spiro atoms. The number of hydrogen-bond donors (Lipinski definition) is 2. The van der Waals surface area contributed by atoms with Crippen molar-refractivity contribution in [3.05, 3.63) is 89.7 Å². The zero-order valence-electron chi connectivity index (χ0n) is 36.9. The van der Waals surface area contributed by atoms with Crippen LogP contribution in [-0.2, 0) is 26.2 Å². The summed E-state index contributed by atoms with van der Waals surface area (Å²) in [5.74, 6) is -0.208. The number of benzene rings is 3. The Morgan fingerprint density at radius 3 is 2.18 bits per heavy atom. The van der Waals surface area contributed by atoms with Gasteiger partial charge in [0, 0.05) is 82.5 Å². The van der Waals surface area contributed by atoms with Crippen LogP contribution in [0.4, 0.5) is 17.2 Å². The molecule has 0 aliphatic carbocycles. The third-order valence-corrected chi connectivity index (χ3v) is 15.3. The van der Waals surface area contributed by atoms with Gasteiger partial charge in [0.25, 0.3) is 21.8 Å². The highest BCUT2D eigenvalue weighted by Gasteiger charge is 2.45. The van der Waals surface area contributed by atoms with Gasteiger partial charge in [-0.1, -0.05) is 11.2 Å². The lowest BCUT2D eigenvalue weighted by Crippen LogP contribution is -2.54. The maximum atomic E-state index is 13.7. The molecule has 2 aromatic heterocycles. The average Bonchev–Trinajstić information content (AvgIpc) is 4.05. The number of sulfonamides is 1. The lowest BCUT2D eigenvalue weighted by atomic mass is 9.92. The molecule has 1 unspecified atom stereocenters. The molecule has 66 heavy (non-hydrogen) atoms. The Balaban J connectivity index is 0.666. The average molecular weight is 919 g/mol. The maximum absolute atomic E-state index is 13.7. The number of nitrogens with one attached hydrogen (secondary N) is 2. The summed E-state index contributed by atoms with van der Waals surface area (Å²) in [5.41, 5.74) is 3.66. The maximum Gasteiger partial charge on any atom is 0.263 e. The molecule has 4 amide bonds. The van der Waals surface area contributed by atoms with Crippen LogP contribution in [0.5, 0.6) is 5.75 Å². The molecule has 346 valence electrons. The van der Waals surface area contributed by atoms with Crippen molar-refractivity contribution < 1.29 is 36.9 Å². The Kier molecular flexibility index (Phi) is 12.0. The molecule has 19 heteroatoms. The number of methoxy groups -OCH3 is 1. The van der Waals surface area contributed by atoms with Gasteiger partial charge >= 0.3 is 0 Å². The molecule has 5 aliphatic heterocycles. The number of anilines is 3. The molecule has 4 fully saturated rings. The highest BCUT2D eigenvalue weighted by molar-refractivity contribution is 7.92. The molecule has 7 heterocycles. The van der Waals surface area contributed by atoms with Gasteiger partial charge in [-0.2, -0.15) is 5.10 Å². The van der Waals surface area contributed by atoms with E-state index in [0.717, 1.165) is 100 Å². The van der Waals surface area contributed by atoms with Crippen LogP contribution < -0.4 is 24.6 Å². The summed E-state index contributed by atoms with van der Waals surface area (Å²) in [6, 6.07) is 16.9. The lowest BCUT2D eigenvalue weighted by molar-refractivity contribution is -0.136. The second-order valence-electron chi connectivity index (χ2n) is 18.1. The highest BCUT2D eigenvalue weighted by Crippen LogP contribution is 2.36. The van der Waals surface area contributed by atoms with Crippen LogP contribution in [-0.4, -0.2) is 140 Å². The number of likely N-dealkylation sites (tertiary alicyclic amines) is 1. The quantitative estimate of drug-likeness (QED) is 0.161. The molecule has 1 atom stereocenters. The zero-order chi connectivity index (χ0) is 45.5. The minimum atomic E-state index is -4.01. The number of ether oxygens (including phenoxy) is 1. The van der Waals surface area contributed by atoms with Gasteiger partial charge in [0.1, 0.15) is 17.2 Å². The van der Waals surface area contributed by atoms with Crippen molar-refractivity contribution in [1.29, 1.82) is 0 Å². The summed E-state index contributed by atoms with van der Waals surface area (Å²) in [7, 11) is -2.48. The van der Waals surface area contributed by atoms with Crippen LogP contribution in [0.3, 0.4) is 0 Å². The van der Waals surface area contributed by atoms with Gasteiger partial charge in [0.05, 0.1) is 29.7 Å². The van der Waals surface area contributed by atoms with Crippen molar-refractivity contribution in [2.45, 2.75) is 56.0 Å². The van der Waals surface area contributed by atoms with Gasteiger partial charge < -0.3 is 24.0 Å². The number of aromatic nitrogens is 3. The Morgan fingerprint density at radius 1 is 0.773 bits per heavy atom. The predicted molar refractivity (Wildman–Crippen MR) is 245 cm³/mol. The predicted octanol–water partition coefficient (Wildman–Crippen LogP) is 4.03. The molecule has 0 radical (unpaired) electrons. The Labute approximate surface area is 382 Å². The van der Waals surface area contributed by atoms with E-state index in [1.165, 1.54) is 20.0 Å². The van der Waals surface area contributed by atoms with Crippen molar-refractivity contribution in [3.8, 4) is 5.75 Å². The van der Waals surface area contributed by atoms with E-state index in [9.17, 15) is 27.6 Å². The molecule has 3 aromatic carbocycles. The molecule has 0 saturated carbocycles. The first-order valence-electron chi connectivity index (χ1n) is 22.9. The van der Waals surface area contributed by atoms with Crippen LogP contribution in [0.1, 0.15) is 64.8 Å². The number of imide groups is 2. The van der Waals surface area contributed by atoms with E-state index in [-0.39, 0.29) is 29.5 Å². The highest BCUT2D eigenvalue weighted by atomic mass is 32.2. The van der Waals surface area contributed by atoms with Gasteiger partial charge in [-0.25, -0.2) is 8.42 Å². The summed E-state index contributed by atoms with van der Waals surface area (Å²) in [6.45, 7) is 9.99. The number of rotatable bonds is 13. The second kappa shape index (κ2) is 18.2. The van der Waals surface area contributed by atoms with Crippen LogP contribution >= 0.6 is 0 Å². The van der Waals surface area contributed by atoms with Crippen molar-refractivity contribution in [2.24, 2.45) is 11.8 Å². The largest absolute Gasteiger partial charge is 0.496 e. The normalized spacial score (nSPS) is 20.6. The van der Waals surface area contributed by atoms with Gasteiger partial charge in [0.2, 0.25) is 11.8 Å². The lowest BCUT2D eigenvalue weighted by Gasteiger charge is -2.41. The van der Waals surface area contributed by atoms with Crippen molar-refractivity contribution >= 4 is 61.8 Å². The standard InChI is InChI=1S/C47H54N10O8S/c1-64-40-24-33(30-56-15-3-14-48-56)25-41-43(40)44(50-65-41)51-66(62,63)36-5-2-4-34(26-36)55-22-20-53(21-23-55)29-31-10-16-52(17-11-31)28-32-12-18-54(19-13-32)35-6-7-37-38(27-35)47(61)57(46(37)60)39-8-9-42(58)49-45(39)59/h2-7,14-15,24-27,31-32,39H,8-13,16-23,28-30H2,1H3,(H,50,51)(H,49,58,59). The smallest absolute Gasteiger partial charge is 0.263 e. The number of piperazine rings is 1. The Hall–Kier alpha value is -6.31. The first-order valence-corrected chi connectivity index (χ1v) is 24.3. The molecule has 5 aromatic rings. The summed E-state index contributed by atoms with van der Waals surface area (Å²) >= 11 is 0. The molecular formula is C47H54N10O8S. The molecule has 18 nitrogen and oxygen atoms in total. The fourth-order valence-electron chi connectivity index (χ4n) is 10.3. The van der Waals surface area contributed by atoms with Crippen LogP contribution in [0.15, 0.2) is 82.5 Å². The topological polar surface area (TPSA) is 196 Å². The van der Waals surface area contributed by atoms with E-state index >= 15 is 0 Å². The number of carbonyl (C=O) groups is 4. The van der Waals surface area contributed by atoms with Gasteiger partial charge in [-0.3, -0.25) is 43.7 Å². The van der Waals surface area contributed by atoms with E-state index < -0.39 is 33.8 Å². The van der Waals surface area contributed by atoms with Crippen molar-refractivity contribution in [1.82, 2.24) is 35.0 Å². The minimum Gasteiger partial charge on any atom is -0.496 e. The third kappa shape index (κ3) is 8.86. The summed E-state index contributed by atoms with van der Waals surface area (Å²) in [5, 5.41) is 11.0. The number of piperidine rings is 3. The van der Waals surface area contributed by atoms with E-state index in [0.29, 0.717) is 46.2 Å². The van der Waals surface area contributed by atoms with E-state index in [4.69, 9.17) is 9.26 Å². The monoisotopic (exact) mass is 918 g/mol. The number of carbonyl (C=O) groups excluding carboxylic acids is 4. The number of amides is 4. The molecule has 0 bridgehead atoms. The van der Waals surface area contributed by atoms with E-state index in [2.05, 4.69) is 39.9 Å². The minimum absolute atomic E-state index is 0.0654.